The third kappa shape index (κ3) is 4.20. The van der Waals surface area contributed by atoms with Crippen molar-refractivity contribution in [2.24, 2.45) is 5.92 Å². The summed E-state index contributed by atoms with van der Waals surface area (Å²) in [4.78, 5) is 2.35. The van der Waals surface area contributed by atoms with E-state index in [1.807, 2.05) is 12.1 Å². The van der Waals surface area contributed by atoms with Crippen LogP contribution in [0.2, 0.25) is 0 Å². The number of hydrogen-bond donors (Lipinski definition) is 0. The summed E-state index contributed by atoms with van der Waals surface area (Å²) in [5, 5.41) is 8.83. The van der Waals surface area contributed by atoms with Gasteiger partial charge in [-0.15, -0.1) is 0 Å². The van der Waals surface area contributed by atoms with Gasteiger partial charge in [-0.25, -0.2) is 0 Å². The average Bonchev–Trinajstić information content (AvgIpc) is 2.31. The van der Waals surface area contributed by atoms with E-state index in [1.54, 1.807) is 0 Å². The maximum absolute atomic E-state index is 8.83. The Bertz CT molecular complexity index is 404. The van der Waals surface area contributed by atoms with Gasteiger partial charge in [0.05, 0.1) is 11.6 Å². The van der Waals surface area contributed by atoms with Crippen molar-refractivity contribution < 1.29 is 0 Å². The summed E-state index contributed by atoms with van der Waals surface area (Å²) in [5.74, 6) is 0.735. The molecule has 1 atom stereocenters. The van der Waals surface area contributed by atoms with Crippen molar-refractivity contribution in [2.45, 2.75) is 33.7 Å². The minimum Gasteiger partial charge on any atom is -0.302 e. The van der Waals surface area contributed by atoms with E-state index < -0.39 is 0 Å². The first-order valence-corrected chi connectivity index (χ1v) is 6.25. The second kappa shape index (κ2) is 6.42. The number of nitrogens with zero attached hydrogens (tertiary/aromatic N) is 2. The Morgan fingerprint density at radius 3 is 2.65 bits per heavy atom. The van der Waals surface area contributed by atoms with Crippen LogP contribution < -0.4 is 0 Å². The fourth-order valence-electron chi connectivity index (χ4n) is 1.96. The zero-order valence-electron chi connectivity index (χ0n) is 11.3. The van der Waals surface area contributed by atoms with E-state index in [2.05, 4.69) is 44.9 Å². The highest BCUT2D eigenvalue weighted by Gasteiger charge is 2.07. The minimum atomic E-state index is 0.735. The van der Waals surface area contributed by atoms with Gasteiger partial charge < -0.3 is 4.90 Å². The first-order valence-electron chi connectivity index (χ1n) is 6.25. The molecule has 0 heterocycles. The van der Waals surface area contributed by atoms with Crippen molar-refractivity contribution in [1.29, 1.82) is 5.26 Å². The van der Waals surface area contributed by atoms with Crippen molar-refractivity contribution in [3.63, 3.8) is 0 Å². The smallest absolute Gasteiger partial charge is 0.0991 e. The molecule has 0 aromatic heterocycles. The molecule has 1 aromatic rings. The predicted molar refractivity (Wildman–Crippen MR) is 71.7 cm³/mol. The lowest BCUT2D eigenvalue weighted by Crippen LogP contribution is -2.24. The number of benzene rings is 1. The molecule has 17 heavy (non-hydrogen) atoms. The Morgan fingerprint density at radius 2 is 2.12 bits per heavy atom. The van der Waals surface area contributed by atoms with Crippen molar-refractivity contribution in [3.05, 3.63) is 34.9 Å². The molecule has 0 bridgehead atoms. The Kier molecular flexibility index (Phi) is 5.18. The maximum Gasteiger partial charge on any atom is 0.0991 e. The summed E-state index contributed by atoms with van der Waals surface area (Å²) >= 11 is 0. The van der Waals surface area contributed by atoms with Crippen LogP contribution >= 0.6 is 0 Å². The molecule has 1 unspecified atom stereocenters. The van der Waals surface area contributed by atoms with Gasteiger partial charge in [0.2, 0.25) is 0 Å². The molecule has 0 aliphatic rings. The zero-order chi connectivity index (χ0) is 12.8. The van der Waals surface area contributed by atoms with Gasteiger partial charge >= 0.3 is 0 Å². The number of nitriles is 1. The Labute approximate surface area is 105 Å². The van der Waals surface area contributed by atoms with E-state index >= 15 is 0 Å². The van der Waals surface area contributed by atoms with Gasteiger partial charge in [0.25, 0.3) is 0 Å². The van der Waals surface area contributed by atoms with Gasteiger partial charge in [0, 0.05) is 13.1 Å². The van der Waals surface area contributed by atoms with E-state index in [0.717, 1.165) is 24.6 Å². The highest BCUT2D eigenvalue weighted by molar-refractivity contribution is 5.37. The molecule has 1 aromatic carbocycles. The number of hydrogen-bond acceptors (Lipinski definition) is 2. The van der Waals surface area contributed by atoms with Gasteiger partial charge in [-0.3, -0.25) is 0 Å². The molecule has 0 N–H and O–H groups in total. The quantitative estimate of drug-likeness (QED) is 0.775. The fourth-order valence-corrected chi connectivity index (χ4v) is 1.96. The van der Waals surface area contributed by atoms with Crippen molar-refractivity contribution in [1.82, 2.24) is 4.90 Å². The molecule has 2 heteroatoms. The molecule has 92 valence electrons. The summed E-state index contributed by atoms with van der Waals surface area (Å²) in [6.45, 7) is 8.67. The molecular formula is C15H22N2. The van der Waals surface area contributed by atoms with E-state index in [0.29, 0.717) is 0 Å². The molecule has 0 fully saturated rings. The van der Waals surface area contributed by atoms with Crippen LogP contribution in [0, 0.1) is 24.2 Å². The normalized spacial score (nSPS) is 12.5. The van der Waals surface area contributed by atoms with Crippen LogP contribution in [0.25, 0.3) is 0 Å². The van der Waals surface area contributed by atoms with E-state index in [9.17, 15) is 0 Å². The van der Waals surface area contributed by atoms with Gasteiger partial charge in [0.1, 0.15) is 0 Å². The first-order chi connectivity index (χ1) is 8.06. The second-order valence-corrected chi connectivity index (χ2v) is 4.96. The van der Waals surface area contributed by atoms with E-state index in [-0.39, 0.29) is 0 Å². The molecule has 0 saturated heterocycles. The number of aryl methyl sites for hydroxylation is 1. The molecule has 0 amide bonds. The van der Waals surface area contributed by atoms with Gasteiger partial charge in [-0.05, 0) is 43.1 Å². The lowest BCUT2D eigenvalue weighted by atomic mass is 10.0. The lowest BCUT2D eigenvalue weighted by Gasteiger charge is -2.21. The Hall–Kier alpha value is -1.33. The lowest BCUT2D eigenvalue weighted by molar-refractivity contribution is 0.275. The summed E-state index contributed by atoms with van der Waals surface area (Å²) in [5.41, 5.74) is 3.27. The third-order valence-electron chi connectivity index (χ3n) is 3.23. The molecular weight excluding hydrogens is 208 g/mol. The number of rotatable bonds is 5. The van der Waals surface area contributed by atoms with Crippen molar-refractivity contribution in [3.8, 4) is 6.07 Å². The van der Waals surface area contributed by atoms with Crippen LogP contribution in [0.5, 0.6) is 0 Å². The largest absolute Gasteiger partial charge is 0.302 e. The van der Waals surface area contributed by atoms with Crippen LogP contribution in [-0.2, 0) is 6.54 Å². The fraction of sp³-hybridized carbons (Fsp3) is 0.533. The standard InChI is InChI=1S/C15H22N2/c1-5-12(2)10-17(4)11-15-7-6-14(9-16)8-13(15)3/h6-8,12H,5,10-11H2,1-4H3. The van der Waals surface area contributed by atoms with E-state index in [1.165, 1.54) is 17.5 Å². The maximum atomic E-state index is 8.83. The average molecular weight is 230 g/mol. The summed E-state index contributed by atoms with van der Waals surface area (Å²) in [6.07, 6.45) is 1.22. The minimum absolute atomic E-state index is 0.735. The van der Waals surface area contributed by atoms with E-state index in [4.69, 9.17) is 5.26 Å². The highest BCUT2D eigenvalue weighted by atomic mass is 15.1. The van der Waals surface area contributed by atoms with Crippen molar-refractivity contribution >= 4 is 0 Å². The molecule has 2 nitrogen and oxygen atoms in total. The van der Waals surface area contributed by atoms with Crippen LogP contribution in [0.3, 0.4) is 0 Å². The SMILES string of the molecule is CCC(C)CN(C)Cc1ccc(C#N)cc1C. The third-order valence-corrected chi connectivity index (χ3v) is 3.23. The highest BCUT2D eigenvalue weighted by Crippen LogP contribution is 2.13. The Morgan fingerprint density at radius 1 is 1.41 bits per heavy atom. The molecule has 0 saturated carbocycles. The summed E-state index contributed by atoms with van der Waals surface area (Å²) in [7, 11) is 2.16. The van der Waals surface area contributed by atoms with Gasteiger partial charge in [-0.2, -0.15) is 5.26 Å². The first kappa shape index (κ1) is 13.7. The zero-order valence-corrected chi connectivity index (χ0v) is 11.3. The molecule has 0 aliphatic carbocycles. The summed E-state index contributed by atoms with van der Waals surface area (Å²) < 4.78 is 0. The predicted octanol–water partition coefficient (Wildman–Crippen LogP) is 3.34. The van der Waals surface area contributed by atoms with Crippen LogP contribution in [0.1, 0.15) is 37.0 Å². The molecule has 0 radical (unpaired) electrons. The molecule has 1 rings (SSSR count). The van der Waals surface area contributed by atoms with Crippen molar-refractivity contribution in [2.75, 3.05) is 13.6 Å². The van der Waals surface area contributed by atoms with Gasteiger partial charge in [0.15, 0.2) is 0 Å². The van der Waals surface area contributed by atoms with Crippen LogP contribution in [0.4, 0.5) is 0 Å². The monoisotopic (exact) mass is 230 g/mol. The van der Waals surface area contributed by atoms with Gasteiger partial charge in [-0.1, -0.05) is 26.3 Å². The van der Waals surface area contributed by atoms with Crippen LogP contribution in [-0.4, -0.2) is 18.5 Å². The summed E-state index contributed by atoms with van der Waals surface area (Å²) in [6, 6.07) is 8.11. The second-order valence-electron chi connectivity index (χ2n) is 4.96. The molecule has 0 aliphatic heterocycles. The molecule has 0 spiro atoms. The Balaban J connectivity index is 2.66. The van der Waals surface area contributed by atoms with Crippen LogP contribution in [0.15, 0.2) is 18.2 Å². The topological polar surface area (TPSA) is 27.0 Å².